The Morgan fingerprint density at radius 2 is 2.18 bits per heavy atom. The Balaban J connectivity index is 3.01. The highest BCUT2D eigenvalue weighted by molar-refractivity contribution is 5.95. The molecule has 0 saturated carbocycles. The normalized spacial score (nSPS) is 11.1. The number of esters is 1. The Morgan fingerprint density at radius 1 is 1.53 bits per heavy atom. The van der Waals surface area contributed by atoms with Gasteiger partial charge >= 0.3 is 5.97 Å². The van der Waals surface area contributed by atoms with E-state index < -0.39 is 5.97 Å². The second-order valence-electron chi connectivity index (χ2n) is 4.32. The van der Waals surface area contributed by atoms with Crippen molar-refractivity contribution in [2.45, 2.75) is 32.8 Å². The van der Waals surface area contributed by atoms with E-state index in [0.717, 1.165) is 6.42 Å². The van der Waals surface area contributed by atoms with Crippen LogP contribution in [0.1, 0.15) is 37.6 Å². The van der Waals surface area contributed by atoms with Gasteiger partial charge in [0.05, 0.1) is 24.6 Å². The Hall–Kier alpha value is -1.78. The van der Waals surface area contributed by atoms with Gasteiger partial charge in [0.15, 0.2) is 0 Å². The molecule has 94 valence electrons. The van der Waals surface area contributed by atoms with Crippen LogP contribution < -0.4 is 10.5 Å². The number of hydrogen-bond acceptors (Lipinski definition) is 5. The van der Waals surface area contributed by atoms with Crippen molar-refractivity contribution >= 4 is 11.7 Å². The molecule has 0 aliphatic heterocycles. The van der Waals surface area contributed by atoms with Gasteiger partial charge in [0.2, 0.25) is 5.88 Å². The summed E-state index contributed by atoms with van der Waals surface area (Å²) in [5, 5.41) is 0. The molecule has 1 aromatic rings. The Labute approximate surface area is 101 Å². The van der Waals surface area contributed by atoms with Gasteiger partial charge in [0.1, 0.15) is 5.60 Å². The molecule has 0 atom stereocenters. The number of pyridine rings is 1. The van der Waals surface area contributed by atoms with Gasteiger partial charge in [-0.2, -0.15) is 0 Å². The first-order valence-electron chi connectivity index (χ1n) is 5.42. The average molecular weight is 238 g/mol. The van der Waals surface area contributed by atoms with Gasteiger partial charge in [0, 0.05) is 6.07 Å². The maximum Gasteiger partial charge on any atom is 0.340 e. The molecule has 0 aliphatic rings. The molecule has 1 rings (SSSR count). The first kappa shape index (κ1) is 13.3. The highest BCUT2D eigenvalue weighted by Crippen LogP contribution is 2.22. The number of hydrogen-bond donors (Lipinski definition) is 1. The van der Waals surface area contributed by atoms with Crippen LogP contribution in [0.15, 0.2) is 12.3 Å². The number of carbonyl (C=O) groups is 1. The Kier molecular flexibility index (Phi) is 3.93. The number of carbonyl (C=O) groups excluding carboxylic acids is 1. The molecule has 0 saturated heterocycles. The van der Waals surface area contributed by atoms with Crippen molar-refractivity contribution in [3.8, 4) is 5.88 Å². The van der Waals surface area contributed by atoms with E-state index in [4.69, 9.17) is 10.5 Å². The molecule has 1 aromatic heterocycles. The van der Waals surface area contributed by atoms with Crippen molar-refractivity contribution in [3.05, 3.63) is 17.8 Å². The zero-order chi connectivity index (χ0) is 13.1. The maximum atomic E-state index is 11.4. The van der Waals surface area contributed by atoms with Crippen LogP contribution in [0.5, 0.6) is 5.88 Å². The molecule has 0 spiro atoms. The van der Waals surface area contributed by atoms with Crippen LogP contribution in [0.4, 0.5) is 5.69 Å². The second-order valence-corrected chi connectivity index (χ2v) is 4.32. The number of nitrogens with two attached hydrogens (primary N) is 1. The van der Waals surface area contributed by atoms with Gasteiger partial charge in [-0.15, -0.1) is 0 Å². The topological polar surface area (TPSA) is 74.4 Å². The van der Waals surface area contributed by atoms with Crippen LogP contribution in [0.25, 0.3) is 0 Å². The number of methoxy groups -OCH3 is 1. The number of aromatic nitrogens is 1. The summed E-state index contributed by atoms with van der Waals surface area (Å²) in [6.07, 6.45) is 2.22. The Morgan fingerprint density at radius 3 is 2.71 bits per heavy atom. The summed E-state index contributed by atoms with van der Waals surface area (Å²) in [6, 6.07) is 1.50. The molecule has 0 aliphatic carbocycles. The summed E-state index contributed by atoms with van der Waals surface area (Å²) < 4.78 is 10.3. The predicted octanol–water partition coefficient (Wildman–Crippen LogP) is 2.02. The smallest absolute Gasteiger partial charge is 0.340 e. The molecule has 0 unspecified atom stereocenters. The van der Waals surface area contributed by atoms with E-state index in [-0.39, 0.29) is 16.9 Å². The van der Waals surface area contributed by atoms with Gasteiger partial charge in [-0.25, -0.2) is 9.78 Å². The van der Waals surface area contributed by atoms with Gasteiger partial charge < -0.3 is 15.2 Å². The van der Waals surface area contributed by atoms with E-state index in [1.165, 1.54) is 19.4 Å². The number of nitrogens with zero attached hydrogens (tertiary/aromatic N) is 1. The largest absolute Gasteiger partial charge is 0.472 e. The number of anilines is 1. The summed E-state index contributed by atoms with van der Waals surface area (Å²) in [4.78, 5) is 15.5. The van der Waals surface area contributed by atoms with Gasteiger partial charge in [-0.1, -0.05) is 6.92 Å². The minimum absolute atomic E-state index is 0.268. The highest BCUT2D eigenvalue weighted by Gasteiger charge is 2.19. The van der Waals surface area contributed by atoms with Crippen LogP contribution in [-0.4, -0.2) is 23.7 Å². The van der Waals surface area contributed by atoms with Gasteiger partial charge in [0.25, 0.3) is 0 Å². The van der Waals surface area contributed by atoms with Crippen LogP contribution in [0.2, 0.25) is 0 Å². The van der Waals surface area contributed by atoms with E-state index in [0.29, 0.717) is 5.88 Å². The molecule has 1 heterocycles. The van der Waals surface area contributed by atoms with Crippen LogP contribution in [-0.2, 0) is 4.74 Å². The van der Waals surface area contributed by atoms with Crippen molar-refractivity contribution in [2.24, 2.45) is 0 Å². The van der Waals surface area contributed by atoms with Crippen molar-refractivity contribution < 1.29 is 14.3 Å². The summed E-state index contributed by atoms with van der Waals surface area (Å²) in [5.74, 6) is -0.129. The molecule has 5 nitrogen and oxygen atoms in total. The van der Waals surface area contributed by atoms with Crippen LogP contribution in [0.3, 0.4) is 0 Å². The molecule has 0 radical (unpaired) electrons. The van der Waals surface area contributed by atoms with Crippen molar-refractivity contribution in [2.75, 3.05) is 12.8 Å². The summed E-state index contributed by atoms with van der Waals surface area (Å²) in [6.45, 7) is 5.91. The monoisotopic (exact) mass is 238 g/mol. The third kappa shape index (κ3) is 3.34. The number of nitrogen functional groups attached to an aromatic ring is 1. The lowest BCUT2D eigenvalue weighted by Crippen LogP contribution is -2.27. The fraction of sp³-hybridized carbons (Fsp3) is 0.500. The fourth-order valence-corrected chi connectivity index (χ4v) is 1.14. The third-order valence-corrected chi connectivity index (χ3v) is 2.55. The van der Waals surface area contributed by atoms with E-state index in [2.05, 4.69) is 9.72 Å². The minimum Gasteiger partial charge on any atom is -0.472 e. The second kappa shape index (κ2) is 5.03. The van der Waals surface area contributed by atoms with Crippen LogP contribution >= 0.6 is 0 Å². The quantitative estimate of drug-likeness (QED) is 0.812. The molecular weight excluding hydrogens is 220 g/mol. The standard InChI is InChI=1S/C12H18N2O3/c1-5-12(2,3)17-10-6-8(11(15)16-4)9(13)7-14-10/h6-7H,5,13H2,1-4H3. The van der Waals surface area contributed by atoms with Crippen molar-refractivity contribution in [3.63, 3.8) is 0 Å². The van der Waals surface area contributed by atoms with Gasteiger partial charge in [-0.05, 0) is 20.3 Å². The first-order valence-corrected chi connectivity index (χ1v) is 5.42. The molecule has 2 N–H and O–H groups in total. The highest BCUT2D eigenvalue weighted by atomic mass is 16.5. The number of rotatable bonds is 4. The zero-order valence-electron chi connectivity index (χ0n) is 10.6. The first-order chi connectivity index (χ1) is 7.89. The summed E-state index contributed by atoms with van der Waals surface area (Å²) >= 11 is 0. The maximum absolute atomic E-state index is 11.4. The number of ether oxygens (including phenoxy) is 2. The molecular formula is C12H18N2O3. The lowest BCUT2D eigenvalue weighted by atomic mass is 10.1. The molecule has 0 fully saturated rings. The minimum atomic E-state index is -0.496. The van der Waals surface area contributed by atoms with Crippen molar-refractivity contribution in [1.82, 2.24) is 4.98 Å². The molecule has 5 heteroatoms. The van der Waals surface area contributed by atoms with E-state index in [1.807, 2.05) is 20.8 Å². The molecule has 17 heavy (non-hydrogen) atoms. The van der Waals surface area contributed by atoms with Crippen molar-refractivity contribution in [1.29, 1.82) is 0 Å². The predicted molar refractivity (Wildman–Crippen MR) is 65.0 cm³/mol. The Bertz CT molecular complexity index is 416. The zero-order valence-corrected chi connectivity index (χ0v) is 10.6. The van der Waals surface area contributed by atoms with E-state index >= 15 is 0 Å². The molecule has 0 aromatic carbocycles. The van der Waals surface area contributed by atoms with Gasteiger partial charge in [-0.3, -0.25) is 0 Å². The van der Waals surface area contributed by atoms with Crippen LogP contribution in [0, 0.1) is 0 Å². The third-order valence-electron chi connectivity index (χ3n) is 2.55. The molecule has 0 bridgehead atoms. The summed E-state index contributed by atoms with van der Waals surface area (Å²) in [5.41, 5.74) is 5.85. The SMILES string of the molecule is CCC(C)(C)Oc1cc(C(=O)OC)c(N)cn1. The average Bonchev–Trinajstić information content (AvgIpc) is 2.30. The fourth-order valence-electron chi connectivity index (χ4n) is 1.14. The molecule has 0 amide bonds. The summed E-state index contributed by atoms with van der Waals surface area (Å²) in [7, 11) is 1.30. The lowest BCUT2D eigenvalue weighted by Gasteiger charge is -2.24. The lowest BCUT2D eigenvalue weighted by molar-refractivity contribution is 0.0598. The van der Waals surface area contributed by atoms with E-state index in [9.17, 15) is 4.79 Å². The van der Waals surface area contributed by atoms with E-state index in [1.54, 1.807) is 0 Å².